The van der Waals surface area contributed by atoms with E-state index in [1.54, 1.807) is 6.20 Å². The summed E-state index contributed by atoms with van der Waals surface area (Å²) >= 11 is 0. The average molecular weight is 202 g/mol. The number of hydrogen-bond donors (Lipinski definition) is 1. The molecule has 0 spiro atoms. The van der Waals surface area contributed by atoms with E-state index < -0.39 is 0 Å². The standard InChI is InChI=1S/C12H14N2O/c1-3-15-12-11-8-10(13-2)5-4-9(11)6-7-14-12/h4-8,13H,3H2,1-2H3. The summed E-state index contributed by atoms with van der Waals surface area (Å²) in [6.45, 7) is 2.60. The zero-order chi connectivity index (χ0) is 10.7. The molecule has 0 unspecified atom stereocenters. The molecule has 1 aromatic heterocycles. The third-order valence-corrected chi connectivity index (χ3v) is 2.30. The summed E-state index contributed by atoms with van der Waals surface area (Å²) in [6, 6.07) is 8.13. The van der Waals surface area contributed by atoms with Crippen molar-refractivity contribution in [2.45, 2.75) is 6.92 Å². The summed E-state index contributed by atoms with van der Waals surface area (Å²) < 4.78 is 5.48. The zero-order valence-corrected chi connectivity index (χ0v) is 8.95. The van der Waals surface area contributed by atoms with Crippen LogP contribution < -0.4 is 10.1 Å². The first-order chi connectivity index (χ1) is 7.35. The fourth-order valence-electron chi connectivity index (χ4n) is 1.55. The molecule has 0 saturated carbocycles. The molecular formula is C12H14N2O. The van der Waals surface area contributed by atoms with Crippen LogP contribution in [0.3, 0.4) is 0 Å². The predicted molar refractivity (Wildman–Crippen MR) is 62.5 cm³/mol. The van der Waals surface area contributed by atoms with Gasteiger partial charge in [0.1, 0.15) is 0 Å². The Bertz CT molecular complexity index is 468. The lowest BCUT2D eigenvalue weighted by Gasteiger charge is -2.07. The Morgan fingerprint density at radius 3 is 2.93 bits per heavy atom. The monoisotopic (exact) mass is 202 g/mol. The van der Waals surface area contributed by atoms with Crippen LogP contribution >= 0.6 is 0 Å². The Balaban J connectivity index is 2.59. The summed E-state index contributed by atoms with van der Waals surface area (Å²) in [4.78, 5) is 4.22. The van der Waals surface area contributed by atoms with Crippen LogP contribution in [0.2, 0.25) is 0 Å². The van der Waals surface area contributed by atoms with Crippen LogP contribution in [-0.4, -0.2) is 18.6 Å². The molecule has 3 heteroatoms. The quantitative estimate of drug-likeness (QED) is 0.830. The van der Waals surface area contributed by atoms with E-state index in [0.29, 0.717) is 12.5 Å². The third-order valence-electron chi connectivity index (χ3n) is 2.30. The number of rotatable bonds is 3. The van der Waals surface area contributed by atoms with Crippen LogP contribution in [0.15, 0.2) is 30.5 Å². The molecule has 0 aliphatic rings. The number of pyridine rings is 1. The summed E-state index contributed by atoms with van der Waals surface area (Å²) in [7, 11) is 1.90. The molecule has 0 bridgehead atoms. The Morgan fingerprint density at radius 1 is 1.33 bits per heavy atom. The first kappa shape index (κ1) is 9.77. The van der Waals surface area contributed by atoms with Gasteiger partial charge in [-0.05, 0) is 30.5 Å². The number of fused-ring (bicyclic) bond motifs is 1. The van der Waals surface area contributed by atoms with E-state index in [9.17, 15) is 0 Å². The molecule has 0 saturated heterocycles. The van der Waals surface area contributed by atoms with E-state index in [-0.39, 0.29) is 0 Å². The first-order valence-electron chi connectivity index (χ1n) is 5.04. The van der Waals surface area contributed by atoms with Crippen LogP contribution in [0.1, 0.15) is 6.92 Å². The minimum atomic E-state index is 0.635. The number of ether oxygens (including phenoxy) is 1. The van der Waals surface area contributed by atoms with Gasteiger partial charge in [0, 0.05) is 24.3 Å². The van der Waals surface area contributed by atoms with Crippen LogP contribution in [0, 0.1) is 0 Å². The Kier molecular flexibility index (Phi) is 2.72. The number of nitrogens with zero attached hydrogens (tertiary/aromatic N) is 1. The van der Waals surface area contributed by atoms with E-state index >= 15 is 0 Å². The van der Waals surface area contributed by atoms with Crippen molar-refractivity contribution in [3.8, 4) is 5.88 Å². The van der Waals surface area contributed by atoms with Gasteiger partial charge in [0.15, 0.2) is 0 Å². The number of nitrogens with one attached hydrogen (secondary N) is 1. The average Bonchev–Trinajstić information content (AvgIpc) is 2.29. The third kappa shape index (κ3) is 1.86. The summed E-state index contributed by atoms with van der Waals surface area (Å²) in [6.07, 6.45) is 1.77. The van der Waals surface area contributed by atoms with Crippen LogP contribution in [0.4, 0.5) is 5.69 Å². The van der Waals surface area contributed by atoms with E-state index in [4.69, 9.17) is 4.74 Å². The summed E-state index contributed by atoms with van der Waals surface area (Å²) in [5.41, 5.74) is 1.07. The Labute approximate surface area is 89.1 Å². The van der Waals surface area contributed by atoms with Gasteiger partial charge in [-0.3, -0.25) is 0 Å². The lowest BCUT2D eigenvalue weighted by Crippen LogP contribution is -1.95. The van der Waals surface area contributed by atoms with Crippen molar-refractivity contribution in [3.05, 3.63) is 30.5 Å². The van der Waals surface area contributed by atoms with Crippen molar-refractivity contribution in [1.29, 1.82) is 0 Å². The molecule has 1 heterocycles. The maximum absolute atomic E-state index is 5.48. The smallest absolute Gasteiger partial charge is 0.221 e. The first-order valence-corrected chi connectivity index (χ1v) is 5.04. The molecule has 1 aromatic carbocycles. The van der Waals surface area contributed by atoms with Gasteiger partial charge in [-0.1, -0.05) is 6.07 Å². The fourth-order valence-corrected chi connectivity index (χ4v) is 1.55. The molecule has 0 atom stereocenters. The normalized spacial score (nSPS) is 10.3. The van der Waals surface area contributed by atoms with Crippen molar-refractivity contribution in [2.75, 3.05) is 19.0 Å². The lowest BCUT2D eigenvalue weighted by atomic mass is 10.1. The highest BCUT2D eigenvalue weighted by Crippen LogP contribution is 2.25. The van der Waals surface area contributed by atoms with Gasteiger partial charge in [-0.2, -0.15) is 0 Å². The number of hydrogen-bond acceptors (Lipinski definition) is 3. The molecule has 0 aliphatic heterocycles. The van der Waals surface area contributed by atoms with Crippen molar-refractivity contribution < 1.29 is 4.74 Å². The molecule has 1 N–H and O–H groups in total. The van der Waals surface area contributed by atoms with Crippen molar-refractivity contribution >= 4 is 16.5 Å². The molecule has 2 rings (SSSR count). The van der Waals surface area contributed by atoms with Gasteiger partial charge >= 0.3 is 0 Å². The minimum Gasteiger partial charge on any atom is -0.478 e. The van der Waals surface area contributed by atoms with Gasteiger partial charge in [0.2, 0.25) is 5.88 Å². The maximum Gasteiger partial charge on any atom is 0.221 e. The molecule has 2 aromatic rings. The molecule has 78 valence electrons. The maximum atomic E-state index is 5.48. The Morgan fingerprint density at radius 2 is 2.20 bits per heavy atom. The summed E-state index contributed by atoms with van der Waals surface area (Å²) in [5, 5.41) is 5.30. The van der Waals surface area contributed by atoms with E-state index in [0.717, 1.165) is 16.5 Å². The second-order valence-corrected chi connectivity index (χ2v) is 3.24. The number of benzene rings is 1. The van der Waals surface area contributed by atoms with E-state index in [1.807, 2.05) is 32.2 Å². The largest absolute Gasteiger partial charge is 0.478 e. The predicted octanol–water partition coefficient (Wildman–Crippen LogP) is 2.68. The topological polar surface area (TPSA) is 34.1 Å². The number of aromatic nitrogens is 1. The van der Waals surface area contributed by atoms with E-state index in [2.05, 4.69) is 16.4 Å². The number of anilines is 1. The lowest BCUT2D eigenvalue weighted by molar-refractivity contribution is 0.331. The Hall–Kier alpha value is -1.77. The van der Waals surface area contributed by atoms with Gasteiger partial charge < -0.3 is 10.1 Å². The van der Waals surface area contributed by atoms with Gasteiger partial charge in [-0.15, -0.1) is 0 Å². The molecule has 15 heavy (non-hydrogen) atoms. The highest BCUT2D eigenvalue weighted by atomic mass is 16.5. The SMILES string of the molecule is CCOc1nccc2ccc(NC)cc12. The second kappa shape index (κ2) is 4.17. The van der Waals surface area contributed by atoms with Gasteiger partial charge in [0.05, 0.1) is 6.61 Å². The van der Waals surface area contributed by atoms with Crippen LogP contribution in [-0.2, 0) is 0 Å². The van der Waals surface area contributed by atoms with Crippen LogP contribution in [0.25, 0.3) is 10.8 Å². The van der Waals surface area contributed by atoms with Crippen LogP contribution in [0.5, 0.6) is 5.88 Å². The minimum absolute atomic E-state index is 0.635. The van der Waals surface area contributed by atoms with Gasteiger partial charge in [0.25, 0.3) is 0 Å². The molecule has 0 aliphatic carbocycles. The summed E-state index contributed by atoms with van der Waals surface area (Å²) in [5.74, 6) is 0.701. The van der Waals surface area contributed by atoms with Gasteiger partial charge in [-0.25, -0.2) is 4.98 Å². The molecule has 0 amide bonds. The fraction of sp³-hybridized carbons (Fsp3) is 0.250. The second-order valence-electron chi connectivity index (χ2n) is 3.24. The molecule has 0 fully saturated rings. The molecule has 3 nitrogen and oxygen atoms in total. The van der Waals surface area contributed by atoms with Crippen molar-refractivity contribution in [2.24, 2.45) is 0 Å². The zero-order valence-electron chi connectivity index (χ0n) is 8.95. The van der Waals surface area contributed by atoms with Crippen molar-refractivity contribution in [1.82, 2.24) is 4.98 Å². The highest BCUT2D eigenvalue weighted by molar-refractivity contribution is 5.89. The van der Waals surface area contributed by atoms with E-state index in [1.165, 1.54) is 0 Å². The molecule has 0 radical (unpaired) electrons. The van der Waals surface area contributed by atoms with Crippen molar-refractivity contribution in [3.63, 3.8) is 0 Å². The highest BCUT2D eigenvalue weighted by Gasteiger charge is 2.03. The molecular weight excluding hydrogens is 188 g/mol.